The van der Waals surface area contributed by atoms with E-state index in [0.717, 1.165) is 32.1 Å². The average molecular weight is 358 g/mol. The molecule has 1 saturated heterocycles. The first kappa shape index (κ1) is 19.3. The van der Waals surface area contributed by atoms with Crippen molar-refractivity contribution in [2.24, 2.45) is 0 Å². The number of hydrogen-bond donors (Lipinski definition) is 1. The van der Waals surface area contributed by atoms with Crippen molar-refractivity contribution in [3.8, 4) is 0 Å². The number of aliphatic hydroxyl groups excluding tert-OH is 1. The van der Waals surface area contributed by atoms with Crippen LogP contribution in [0.2, 0.25) is 0 Å². The van der Waals surface area contributed by atoms with Gasteiger partial charge in [0.05, 0.1) is 43.7 Å². The van der Waals surface area contributed by atoms with Crippen LogP contribution in [0.1, 0.15) is 37.7 Å². The van der Waals surface area contributed by atoms with Crippen molar-refractivity contribution in [2.75, 3.05) is 6.61 Å². The zero-order valence-corrected chi connectivity index (χ0v) is 15.3. The SMILES string of the molecule is C=CC[C@H]1C=CC[C@H](C[C@H]2C[C@@H](OCc3ccccc3)C[C@H](CO)O2)O1. The number of rotatable bonds is 8. The molecular weight excluding hydrogens is 328 g/mol. The molecular formula is C22H30O4. The summed E-state index contributed by atoms with van der Waals surface area (Å²) >= 11 is 0. The van der Waals surface area contributed by atoms with E-state index in [2.05, 4.69) is 30.9 Å². The van der Waals surface area contributed by atoms with E-state index in [1.807, 2.05) is 24.3 Å². The first-order chi connectivity index (χ1) is 12.8. The molecule has 1 aromatic carbocycles. The van der Waals surface area contributed by atoms with Crippen LogP contribution in [0.3, 0.4) is 0 Å². The molecule has 0 spiro atoms. The Morgan fingerprint density at radius 1 is 1.12 bits per heavy atom. The third kappa shape index (κ3) is 5.78. The van der Waals surface area contributed by atoms with Crippen LogP contribution in [-0.2, 0) is 20.8 Å². The molecule has 1 aromatic rings. The van der Waals surface area contributed by atoms with Crippen molar-refractivity contribution in [3.05, 3.63) is 60.7 Å². The van der Waals surface area contributed by atoms with Gasteiger partial charge in [-0.05, 0) is 24.8 Å². The monoisotopic (exact) mass is 358 g/mol. The highest BCUT2D eigenvalue weighted by molar-refractivity contribution is 5.13. The van der Waals surface area contributed by atoms with Crippen LogP contribution in [0.25, 0.3) is 0 Å². The summed E-state index contributed by atoms with van der Waals surface area (Å²) in [5, 5.41) is 9.60. The minimum absolute atomic E-state index is 0.0339. The van der Waals surface area contributed by atoms with Crippen LogP contribution in [0, 0.1) is 0 Å². The molecule has 1 N–H and O–H groups in total. The maximum atomic E-state index is 9.60. The Kier molecular flexibility index (Phi) is 7.44. The van der Waals surface area contributed by atoms with Crippen molar-refractivity contribution in [3.63, 3.8) is 0 Å². The third-order valence-corrected chi connectivity index (χ3v) is 5.01. The molecule has 2 aliphatic rings. The smallest absolute Gasteiger partial charge is 0.0834 e. The second-order valence-corrected chi connectivity index (χ2v) is 7.17. The molecule has 1 fully saturated rings. The fraction of sp³-hybridized carbons (Fsp3) is 0.545. The van der Waals surface area contributed by atoms with E-state index in [1.54, 1.807) is 0 Å². The lowest BCUT2D eigenvalue weighted by Crippen LogP contribution is -2.41. The van der Waals surface area contributed by atoms with Gasteiger partial charge in [-0.25, -0.2) is 0 Å². The zero-order chi connectivity index (χ0) is 18.2. The Bertz CT molecular complexity index is 571. The predicted octanol–water partition coefficient (Wildman–Crippen LogP) is 3.79. The summed E-state index contributed by atoms with van der Waals surface area (Å²) < 4.78 is 18.3. The molecule has 0 aromatic heterocycles. The highest BCUT2D eigenvalue weighted by Crippen LogP contribution is 2.28. The highest BCUT2D eigenvalue weighted by Gasteiger charge is 2.32. The summed E-state index contributed by atoms with van der Waals surface area (Å²) in [4.78, 5) is 0. The summed E-state index contributed by atoms with van der Waals surface area (Å²) in [6, 6.07) is 10.2. The molecule has 3 rings (SSSR count). The van der Waals surface area contributed by atoms with Gasteiger partial charge in [0.2, 0.25) is 0 Å². The van der Waals surface area contributed by atoms with Crippen LogP contribution < -0.4 is 0 Å². The van der Waals surface area contributed by atoms with Gasteiger partial charge < -0.3 is 19.3 Å². The molecule has 0 saturated carbocycles. The van der Waals surface area contributed by atoms with Crippen molar-refractivity contribution in [2.45, 2.75) is 69.2 Å². The van der Waals surface area contributed by atoms with Gasteiger partial charge in [0.15, 0.2) is 0 Å². The number of aliphatic hydroxyl groups is 1. The van der Waals surface area contributed by atoms with Crippen LogP contribution in [0.4, 0.5) is 0 Å². The minimum atomic E-state index is -0.155. The molecule has 4 nitrogen and oxygen atoms in total. The lowest BCUT2D eigenvalue weighted by atomic mass is 9.95. The van der Waals surface area contributed by atoms with E-state index < -0.39 is 0 Å². The van der Waals surface area contributed by atoms with Gasteiger partial charge in [0, 0.05) is 12.8 Å². The second-order valence-electron chi connectivity index (χ2n) is 7.17. The molecule has 26 heavy (non-hydrogen) atoms. The van der Waals surface area contributed by atoms with E-state index in [-0.39, 0.29) is 37.1 Å². The maximum Gasteiger partial charge on any atom is 0.0834 e. The molecule has 0 bridgehead atoms. The molecule has 0 unspecified atom stereocenters. The molecule has 0 radical (unpaired) electrons. The highest BCUT2D eigenvalue weighted by atomic mass is 16.5. The summed E-state index contributed by atoms with van der Waals surface area (Å²) in [5.41, 5.74) is 1.17. The van der Waals surface area contributed by atoms with Crippen LogP contribution in [0.5, 0.6) is 0 Å². The maximum absolute atomic E-state index is 9.60. The predicted molar refractivity (Wildman–Crippen MR) is 102 cm³/mol. The Hall–Kier alpha value is -1.46. The standard InChI is InChI=1S/C22H30O4/c1-2-7-18-10-6-11-19(25-18)12-21-13-20(14-22(15-23)26-21)24-16-17-8-4-3-5-9-17/h2-6,8-10,18-23H,1,7,11-16H2/t18-,19+,20+,21-,22+/m0/s1. The Morgan fingerprint density at radius 2 is 1.92 bits per heavy atom. The third-order valence-electron chi connectivity index (χ3n) is 5.01. The van der Waals surface area contributed by atoms with Gasteiger partial charge in [-0.1, -0.05) is 48.6 Å². The van der Waals surface area contributed by atoms with E-state index in [9.17, 15) is 5.11 Å². The van der Waals surface area contributed by atoms with Crippen molar-refractivity contribution in [1.82, 2.24) is 0 Å². The van der Waals surface area contributed by atoms with E-state index in [0.29, 0.717) is 6.61 Å². The van der Waals surface area contributed by atoms with E-state index in [1.165, 1.54) is 5.56 Å². The van der Waals surface area contributed by atoms with E-state index >= 15 is 0 Å². The summed E-state index contributed by atoms with van der Waals surface area (Å²) in [6.45, 7) is 4.42. The molecule has 4 heteroatoms. The van der Waals surface area contributed by atoms with Gasteiger partial charge in [0.25, 0.3) is 0 Å². The minimum Gasteiger partial charge on any atom is -0.394 e. The van der Waals surface area contributed by atoms with Crippen LogP contribution >= 0.6 is 0 Å². The summed E-state index contributed by atoms with van der Waals surface area (Å²) in [5.74, 6) is 0. The first-order valence-corrected chi connectivity index (χ1v) is 9.61. The largest absolute Gasteiger partial charge is 0.394 e. The van der Waals surface area contributed by atoms with Gasteiger partial charge in [-0.3, -0.25) is 0 Å². The molecule has 2 aliphatic heterocycles. The van der Waals surface area contributed by atoms with Crippen LogP contribution in [-0.4, -0.2) is 42.2 Å². The first-order valence-electron chi connectivity index (χ1n) is 9.61. The lowest BCUT2D eigenvalue weighted by molar-refractivity contribution is -0.145. The Morgan fingerprint density at radius 3 is 2.69 bits per heavy atom. The van der Waals surface area contributed by atoms with Gasteiger partial charge >= 0.3 is 0 Å². The Labute approximate surface area is 156 Å². The number of benzene rings is 1. The van der Waals surface area contributed by atoms with Crippen molar-refractivity contribution in [1.29, 1.82) is 0 Å². The van der Waals surface area contributed by atoms with Crippen LogP contribution in [0.15, 0.2) is 55.1 Å². The molecule has 142 valence electrons. The molecule has 2 heterocycles. The second kappa shape index (κ2) is 10.0. The molecule has 5 atom stereocenters. The van der Waals surface area contributed by atoms with E-state index in [4.69, 9.17) is 14.2 Å². The lowest BCUT2D eigenvalue weighted by Gasteiger charge is -2.37. The fourth-order valence-electron chi connectivity index (χ4n) is 3.73. The quantitative estimate of drug-likeness (QED) is 0.718. The zero-order valence-electron chi connectivity index (χ0n) is 15.3. The van der Waals surface area contributed by atoms with Gasteiger partial charge in [0.1, 0.15) is 0 Å². The number of ether oxygens (including phenoxy) is 3. The number of hydrogen-bond acceptors (Lipinski definition) is 4. The van der Waals surface area contributed by atoms with Gasteiger partial charge in [-0.15, -0.1) is 6.58 Å². The molecule has 0 aliphatic carbocycles. The van der Waals surface area contributed by atoms with Crippen molar-refractivity contribution < 1.29 is 19.3 Å². The van der Waals surface area contributed by atoms with Crippen molar-refractivity contribution >= 4 is 0 Å². The Balaban J connectivity index is 1.52. The summed E-state index contributed by atoms with van der Waals surface area (Å²) in [7, 11) is 0. The molecule has 0 amide bonds. The topological polar surface area (TPSA) is 47.9 Å². The normalized spacial score (nSPS) is 31.7. The van der Waals surface area contributed by atoms with Gasteiger partial charge in [-0.2, -0.15) is 0 Å². The fourth-order valence-corrected chi connectivity index (χ4v) is 3.73. The summed E-state index contributed by atoms with van der Waals surface area (Å²) in [6.07, 6.45) is 10.6. The average Bonchev–Trinajstić information content (AvgIpc) is 2.67.